The van der Waals surface area contributed by atoms with E-state index in [2.05, 4.69) is 15.2 Å². The molecule has 1 N–H and O–H groups in total. The number of benzene rings is 1. The lowest BCUT2D eigenvalue weighted by Gasteiger charge is -2.33. The maximum Gasteiger partial charge on any atom is 0.410 e. The number of nitrogens with zero attached hydrogens (tertiary/aromatic N) is 4. The van der Waals surface area contributed by atoms with Crippen LogP contribution < -0.4 is 0 Å². The number of likely N-dealkylation sites (tertiary alicyclic amines) is 1. The van der Waals surface area contributed by atoms with E-state index in [0.717, 1.165) is 40.3 Å². The molecule has 1 aromatic carbocycles. The largest absolute Gasteiger partial charge is 0.467 e. The lowest BCUT2D eigenvalue weighted by Crippen LogP contribution is -2.49. The van der Waals surface area contributed by atoms with Gasteiger partial charge < -0.3 is 23.8 Å². The van der Waals surface area contributed by atoms with E-state index < -0.39 is 23.7 Å². The molecule has 2 atom stereocenters. The van der Waals surface area contributed by atoms with Crippen molar-refractivity contribution in [2.75, 3.05) is 19.4 Å². The minimum absolute atomic E-state index is 0.00510. The van der Waals surface area contributed by atoms with Gasteiger partial charge in [-0.25, -0.2) is 9.59 Å². The molecule has 202 valence electrons. The van der Waals surface area contributed by atoms with Gasteiger partial charge >= 0.3 is 12.1 Å². The maximum absolute atomic E-state index is 13.3. The number of rotatable bonds is 5. The van der Waals surface area contributed by atoms with E-state index >= 15 is 0 Å². The normalized spacial score (nSPS) is 19.5. The Morgan fingerprint density at radius 1 is 1.18 bits per heavy atom. The number of carbonyl (C=O) groups is 3. The summed E-state index contributed by atoms with van der Waals surface area (Å²) in [5.74, 6) is -0.379. The number of amides is 2. The molecule has 0 bridgehead atoms. The molecule has 11 nitrogen and oxygen atoms in total. The summed E-state index contributed by atoms with van der Waals surface area (Å²) in [7, 11) is 1.33. The van der Waals surface area contributed by atoms with Crippen LogP contribution in [0.4, 0.5) is 4.79 Å². The zero-order valence-electron chi connectivity index (χ0n) is 21.9. The highest BCUT2D eigenvalue weighted by atomic mass is 32.2. The quantitative estimate of drug-likeness (QED) is 0.378. The third-order valence-corrected chi connectivity index (χ3v) is 7.51. The van der Waals surface area contributed by atoms with Crippen molar-refractivity contribution in [1.82, 2.24) is 25.0 Å². The van der Waals surface area contributed by atoms with Crippen LogP contribution in [0.1, 0.15) is 56.8 Å². The zero-order chi connectivity index (χ0) is 27.0. The van der Waals surface area contributed by atoms with Gasteiger partial charge in [-0.1, -0.05) is 30.0 Å². The lowest BCUT2D eigenvalue weighted by atomic mass is 9.96. The number of hydrogen-bond acceptors (Lipinski definition) is 9. The van der Waals surface area contributed by atoms with Crippen molar-refractivity contribution >= 4 is 40.6 Å². The second-order valence-corrected chi connectivity index (χ2v) is 11.3. The average molecular weight is 542 g/mol. The molecular formula is C26H31N5O6S. The van der Waals surface area contributed by atoms with Crippen molar-refractivity contribution in [1.29, 1.82) is 0 Å². The molecule has 2 aliphatic rings. The first kappa shape index (κ1) is 26.1. The van der Waals surface area contributed by atoms with Crippen LogP contribution in [0.2, 0.25) is 0 Å². The minimum Gasteiger partial charge on any atom is -0.467 e. The summed E-state index contributed by atoms with van der Waals surface area (Å²) in [6.07, 6.45) is 1.44. The Morgan fingerprint density at radius 2 is 1.97 bits per heavy atom. The predicted molar refractivity (Wildman–Crippen MR) is 138 cm³/mol. The van der Waals surface area contributed by atoms with Gasteiger partial charge in [0.25, 0.3) is 5.22 Å². The van der Waals surface area contributed by atoms with Gasteiger partial charge in [0.15, 0.2) is 0 Å². The summed E-state index contributed by atoms with van der Waals surface area (Å²) in [5, 5.41) is 9.49. The highest BCUT2D eigenvalue weighted by Gasteiger charge is 2.38. The fraction of sp³-hybridized carbons (Fsp3) is 0.500. The Morgan fingerprint density at radius 3 is 2.74 bits per heavy atom. The van der Waals surface area contributed by atoms with Gasteiger partial charge in [0.2, 0.25) is 11.8 Å². The van der Waals surface area contributed by atoms with Crippen LogP contribution >= 0.6 is 11.8 Å². The number of aromatic amines is 1. The lowest BCUT2D eigenvalue weighted by molar-refractivity contribution is -0.153. The fourth-order valence-electron chi connectivity index (χ4n) is 5.00. The monoisotopic (exact) mass is 541 g/mol. The molecule has 0 radical (unpaired) electrons. The van der Waals surface area contributed by atoms with E-state index in [9.17, 15) is 14.4 Å². The topological polar surface area (TPSA) is 131 Å². The van der Waals surface area contributed by atoms with E-state index in [1.54, 1.807) is 4.90 Å². The van der Waals surface area contributed by atoms with Gasteiger partial charge in [-0.3, -0.25) is 9.69 Å². The third-order valence-electron chi connectivity index (χ3n) is 6.70. The second kappa shape index (κ2) is 10.3. The summed E-state index contributed by atoms with van der Waals surface area (Å²) in [4.78, 5) is 45.1. The number of ether oxygens (including phenoxy) is 2. The van der Waals surface area contributed by atoms with Crippen LogP contribution in [0.15, 0.2) is 33.9 Å². The Hall–Kier alpha value is -3.54. The summed E-state index contributed by atoms with van der Waals surface area (Å²) in [5.41, 5.74) is 2.30. The van der Waals surface area contributed by atoms with Crippen LogP contribution in [0.5, 0.6) is 0 Å². The van der Waals surface area contributed by atoms with E-state index in [-0.39, 0.29) is 29.5 Å². The van der Waals surface area contributed by atoms with Gasteiger partial charge in [0, 0.05) is 29.6 Å². The van der Waals surface area contributed by atoms with Crippen LogP contribution in [0, 0.1) is 0 Å². The zero-order valence-corrected chi connectivity index (χ0v) is 22.7. The van der Waals surface area contributed by atoms with Crippen molar-refractivity contribution < 1.29 is 28.3 Å². The summed E-state index contributed by atoms with van der Waals surface area (Å²) in [6, 6.07) is 6.79. The third kappa shape index (κ3) is 5.22. The molecule has 0 saturated carbocycles. The van der Waals surface area contributed by atoms with Gasteiger partial charge in [-0.15, -0.1) is 10.2 Å². The van der Waals surface area contributed by atoms with Crippen LogP contribution in [-0.4, -0.2) is 74.0 Å². The maximum atomic E-state index is 13.3. The molecule has 12 heteroatoms. The van der Waals surface area contributed by atoms with E-state index in [4.69, 9.17) is 13.9 Å². The first-order chi connectivity index (χ1) is 18.1. The number of carbonyl (C=O) groups excluding carboxylic acids is 3. The van der Waals surface area contributed by atoms with Crippen LogP contribution in [0.25, 0.3) is 10.9 Å². The number of para-hydroxylation sites is 1. The highest BCUT2D eigenvalue weighted by Crippen LogP contribution is 2.34. The summed E-state index contributed by atoms with van der Waals surface area (Å²) in [6.45, 7) is 6.27. The van der Waals surface area contributed by atoms with Gasteiger partial charge in [0.1, 0.15) is 17.7 Å². The molecular weight excluding hydrogens is 510 g/mol. The highest BCUT2D eigenvalue weighted by molar-refractivity contribution is 7.99. The van der Waals surface area contributed by atoms with Gasteiger partial charge in [0.05, 0.1) is 19.4 Å². The van der Waals surface area contributed by atoms with E-state index in [0.29, 0.717) is 25.3 Å². The number of thioether (sulfide) groups is 1. The molecule has 2 amide bonds. The number of nitrogens with one attached hydrogen (secondary N) is 1. The molecule has 38 heavy (non-hydrogen) atoms. The first-order valence-electron chi connectivity index (χ1n) is 12.6. The average Bonchev–Trinajstić information content (AvgIpc) is 3.62. The first-order valence-corrected chi connectivity index (χ1v) is 13.5. The van der Waals surface area contributed by atoms with Gasteiger partial charge in [-0.2, -0.15) is 0 Å². The molecule has 5 rings (SSSR count). The molecule has 1 fully saturated rings. The van der Waals surface area contributed by atoms with Crippen LogP contribution in [0.3, 0.4) is 0 Å². The smallest absolute Gasteiger partial charge is 0.410 e. The molecule has 2 aliphatic heterocycles. The Kier molecular flexibility index (Phi) is 7.08. The molecule has 3 aromatic rings. The number of fused-ring (bicyclic) bond motifs is 3. The van der Waals surface area contributed by atoms with Crippen molar-refractivity contribution in [2.24, 2.45) is 0 Å². The minimum atomic E-state index is -0.723. The van der Waals surface area contributed by atoms with Gasteiger partial charge in [-0.05, 0) is 45.2 Å². The number of methoxy groups -OCH3 is 1. The van der Waals surface area contributed by atoms with Crippen LogP contribution in [-0.2, 0) is 32.0 Å². The van der Waals surface area contributed by atoms with Crippen molar-refractivity contribution in [3.63, 3.8) is 0 Å². The Labute approximate surface area is 224 Å². The Balaban J connectivity index is 1.26. The second-order valence-electron chi connectivity index (χ2n) is 10.4. The van der Waals surface area contributed by atoms with E-state index in [1.807, 2.05) is 45.0 Å². The van der Waals surface area contributed by atoms with Crippen molar-refractivity contribution in [3.05, 3.63) is 41.4 Å². The fourth-order valence-corrected chi connectivity index (χ4v) is 5.65. The molecule has 4 heterocycles. The molecule has 0 spiro atoms. The molecule has 1 saturated heterocycles. The Bertz CT molecular complexity index is 1360. The molecule has 0 aliphatic carbocycles. The number of aromatic nitrogens is 3. The van der Waals surface area contributed by atoms with Crippen molar-refractivity contribution in [2.45, 2.75) is 69.5 Å². The molecule has 2 unspecified atom stereocenters. The predicted octanol–water partition coefficient (Wildman–Crippen LogP) is 3.84. The number of esters is 1. The number of hydrogen-bond donors (Lipinski definition) is 1. The standard InChI is InChI=1S/C26H31N5O6S/c1-26(2,3)37-25(34)30-11-7-10-19(30)22-28-29-24(36-22)38-14-21(32)31-13-18-16(12-20(31)23(33)35-4)15-8-5-6-9-17(15)27-18/h5-6,8-9,19-20,27H,7,10-14H2,1-4H3. The SMILES string of the molecule is COC(=O)C1Cc2c([nH]c3ccccc23)CN1C(=O)CSc1nnc(C2CCCN2C(=O)OC(C)(C)C)o1. The van der Waals surface area contributed by atoms with Crippen molar-refractivity contribution in [3.8, 4) is 0 Å². The molecule has 2 aromatic heterocycles. The summed E-state index contributed by atoms with van der Waals surface area (Å²) >= 11 is 1.10. The van der Waals surface area contributed by atoms with E-state index in [1.165, 1.54) is 12.0 Å². The summed E-state index contributed by atoms with van der Waals surface area (Å²) < 4.78 is 16.4. The number of H-pyrrole nitrogens is 1.